The molecule has 1 spiro atoms. The zero-order valence-electron chi connectivity index (χ0n) is 18.4. The van der Waals surface area contributed by atoms with E-state index in [1.807, 2.05) is 6.92 Å². The highest BCUT2D eigenvalue weighted by Gasteiger charge is 2.71. The molecule has 30 heavy (non-hydrogen) atoms. The second-order valence-electron chi connectivity index (χ2n) is 11.2. The highest BCUT2D eigenvalue weighted by atomic mass is 16.4. The molecule has 5 aliphatic rings. The normalized spacial score (nSPS) is 47.2. The van der Waals surface area contributed by atoms with Crippen molar-refractivity contribution in [3.05, 3.63) is 11.6 Å². The molecule has 3 N–H and O–H groups in total. The summed E-state index contributed by atoms with van der Waals surface area (Å²) in [4.78, 5) is 37.0. The van der Waals surface area contributed by atoms with Crippen LogP contribution in [-0.4, -0.2) is 33.2 Å². The second-order valence-corrected chi connectivity index (χ2v) is 11.2. The van der Waals surface area contributed by atoms with Crippen molar-refractivity contribution in [1.29, 1.82) is 0 Å². The van der Waals surface area contributed by atoms with Crippen molar-refractivity contribution in [2.45, 2.75) is 66.2 Å². The molecule has 0 aromatic heterocycles. The van der Waals surface area contributed by atoms with Crippen LogP contribution in [0.4, 0.5) is 0 Å². The van der Waals surface area contributed by atoms with Crippen LogP contribution in [0.5, 0.6) is 0 Å². The maximum absolute atomic E-state index is 12.5. The van der Waals surface area contributed by atoms with Crippen LogP contribution in [0.2, 0.25) is 0 Å². The minimum absolute atomic E-state index is 0.00641. The fraction of sp³-hybridized carbons (Fsp3) is 0.792. The van der Waals surface area contributed by atoms with Gasteiger partial charge in [0.05, 0.1) is 17.3 Å². The van der Waals surface area contributed by atoms with Crippen LogP contribution in [0, 0.1) is 51.8 Å². The summed E-state index contributed by atoms with van der Waals surface area (Å²) in [5.41, 5.74) is -0.709. The van der Waals surface area contributed by atoms with Gasteiger partial charge in [-0.25, -0.2) is 0 Å². The lowest BCUT2D eigenvalue weighted by Gasteiger charge is -2.68. The number of rotatable bonds is 4. The molecule has 3 fully saturated rings. The van der Waals surface area contributed by atoms with Gasteiger partial charge in [-0.1, -0.05) is 38.8 Å². The molecule has 6 heteroatoms. The molecule has 0 unspecified atom stereocenters. The lowest BCUT2D eigenvalue weighted by atomic mass is 9.34. The third-order valence-electron chi connectivity index (χ3n) is 9.72. The van der Waals surface area contributed by atoms with Crippen LogP contribution in [0.3, 0.4) is 0 Å². The first-order valence-corrected chi connectivity index (χ1v) is 11.3. The number of carboxylic acid groups (broad SMARTS) is 3. The maximum Gasteiger partial charge on any atom is 0.309 e. The molecule has 0 radical (unpaired) electrons. The Kier molecular flexibility index (Phi) is 4.68. The molecule has 0 heterocycles. The number of carbonyl (C=O) groups is 3. The van der Waals surface area contributed by atoms with E-state index in [1.54, 1.807) is 0 Å². The molecule has 3 saturated carbocycles. The first-order chi connectivity index (χ1) is 13.9. The second kappa shape index (κ2) is 6.57. The third-order valence-corrected chi connectivity index (χ3v) is 9.72. The summed E-state index contributed by atoms with van der Waals surface area (Å²) in [6.45, 7) is 8.15. The average molecular weight is 419 g/mol. The predicted molar refractivity (Wildman–Crippen MR) is 110 cm³/mol. The Bertz CT molecular complexity index is 830. The van der Waals surface area contributed by atoms with Crippen molar-refractivity contribution in [3.63, 3.8) is 0 Å². The summed E-state index contributed by atoms with van der Waals surface area (Å²) >= 11 is 0. The first-order valence-electron chi connectivity index (χ1n) is 11.3. The van der Waals surface area contributed by atoms with E-state index in [9.17, 15) is 29.7 Å². The molecule has 0 amide bonds. The Balaban J connectivity index is 1.89. The van der Waals surface area contributed by atoms with Gasteiger partial charge in [0.2, 0.25) is 0 Å². The Morgan fingerprint density at radius 2 is 1.67 bits per heavy atom. The van der Waals surface area contributed by atoms with Crippen LogP contribution < -0.4 is 0 Å². The van der Waals surface area contributed by atoms with Gasteiger partial charge in [0.15, 0.2) is 0 Å². The van der Waals surface area contributed by atoms with Crippen LogP contribution >= 0.6 is 0 Å². The van der Waals surface area contributed by atoms with Gasteiger partial charge in [-0.15, -0.1) is 0 Å². The molecule has 5 rings (SSSR count). The number of hydrogen-bond acceptors (Lipinski definition) is 3. The highest BCUT2D eigenvalue weighted by Crippen LogP contribution is 2.73. The van der Waals surface area contributed by atoms with Crippen LogP contribution in [0.15, 0.2) is 11.6 Å². The Morgan fingerprint density at radius 3 is 2.20 bits per heavy atom. The highest BCUT2D eigenvalue weighted by molar-refractivity contribution is 5.83. The topological polar surface area (TPSA) is 112 Å². The van der Waals surface area contributed by atoms with E-state index in [4.69, 9.17) is 0 Å². The fourth-order valence-corrected chi connectivity index (χ4v) is 8.56. The van der Waals surface area contributed by atoms with Crippen LogP contribution in [0.25, 0.3) is 0 Å². The van der Waals surface area contributed by atoms with Gasteiger partial charge in [-0.3, -0.25) is 14.4 Å². The number of carboxylic acids is 3. The summed E-state index contributed by atoms with van der Waals surface area (Å²) in [6, 6.07) is 0. The van der Waals surface area contributed by atoms with Gasteiger partial charge in [0, 0.05) is 5.41 Å². The van der Waals surface area contributed by atoms with Crippen molar-refractivity contribution in [2.75, 3.05) is 0 Å². The molecule has 6 nitrogen and oxygen atoms in total. The van der Waals surface area contributed by atoms with Crippen LogP contribution in [0.1, 0.15) is 66.2 Å². The predicted octanol–water partition coefficient (Wildman–Crippen LogP) is 4.30. The molecular formula is C24H34O6. The smallest absolute Gasteiger partial charge is 0.309 e. The van der Waals surface area contributed by atoms with E-state index >= 15 is 0 Å². The molecule has 0 saturated heterocycles. The summed E-state index contributed by atoms with van der Waals surface area (Å²) in [5, 5.41) is 30.3. The first kappa shape index (κ1) is 21.4. The summed E-state index contributed by atoms with van der Waals surface area (Å²) < 4.78 is 0. The zero-order chi connectivity index (χ0) is 22.2. The number of fused-ring (bicyclic) bond motifs is 2. The standard InChI is InChI=1S/C24H34O6/c1-12(2)14-11-24-9-6-15-22(3,7-5-8-23(15,4)21(29)30)16(24)10-13(14)17(19(25)26)18(24)20(27)28/h11-13,15-18H,5-10H2,1-4H3,(H,25,26)(H,27,28)(H,29,30)/t13-,15-,16+,17+,18-,22+,23-,24+/m1/s1. The molecule has 5 aliphatic carbocycles. The molecule has 8 atom stereocenters. The van der Waals surface area contributed by atoms with E-state index in [0.29, 0.717) is 25.7 Å². The summed E-state index contributed by atoms with van der Waals surface area (Å²) in [7, 11) is 0. The Hall–Kier alpha value is -1.85. The van der Waals surface area contributed by atoms with E-state index in [0.717, 1.165) is 18.4 Å². The lowest BCUT2D eigenvalue weighted by molar-refractivity contribution is -0.207. The van der Waals surface area contributed by atoms with Crippen LogP contribution in [-0.2, 0) is 14.4 Å². The minimum Gasteiger partial charge on any atom is -0.481 e. The molecule has 0 aromatic carbocycles. The van der Waals surface area contributed by atoms with Gasteiger partial charge < -0.3 is 15.3 Å². The van der Waals surface area contributed by atoms with Gasteiger partial charge in [0.25, 0.3) is 0 Å². The zero-order valence-corrected chi connectivity index (χ0v) is 18.4. The lowest BCUT2D eigenvalue weighted by Crippen LogP contribution is -2.66. The molecular weight excluding hydrogens is 384 g/mol. The molecule has 0 aromatic rings. The number of hydrogen-bond donors (Lipinski definition) is 3. The van der Waals surface area contributed by atoms with E-state index in [2.05, 4.69) is 26.8 Å². The number of aliphatic carboxylic acids is 3. The molecule has 166 valence electrons. The van der Waals surface area contributed by atoms with Crippen molar-refractivity contribution in [2.24, 2.45) is 51.8 Å². The SMILES string of the molecule is CC(C)C1=C[C@@]23CC[C@@H]4[C@](C)(CCC[C@@]4(C)C(=O)O)[C@@H]2C[C@H]1[C@H](C(=O)O)[C@@H]3C(=O)O. The van der Waals surface area contributed by atoms with Gasteiger partial charge in [-0.2, -0.15) is 0 Å². The van der Waals surface area contributed by atoms with Crippen molar-refractivity contribution < 1.29 is 29.7 Å². The van der Waals surface area contributed by atoms with E-state index in [-0.39, 0.29) is 29.1 Å². The van der Waals surface area contributed by atoms with Crippen molar-refractivity contribution in [1.82, 2.24) is 0 Å². The summed E-state index contributed by atoms with van der Waals surface area (Å²) in [6.07, 6.45) is 6.36. The Morgan fingerprint density at radius 1 is 1.00 bits per heavy atom. The largest absolute Gasteiger partial charge is 0.481 e. The third kappa shape index (κ3) is 2.51. The monoisotopic (exact) mass is 418 g/mol. The number of allylic oxidation sites excluding steroid dienone is 2. The summed E-state index contributed by atoms with van der Waals surface area (Å²) in [5.74, 6) is -4.76. The van der Waals surface area contributed by atoms with Gasteiger partial charge in [0.1, 0.15) is 0 Å². The van der Waals surface area contributed by atoms with E-state index in [1.165, 1.54) is 0 Å². The van der Waals surface area contributed by atoms with Gasteiger partial charge in [-0.05, 0) is 68.1 Å². The fourth-order valence-electron chi connectivity index (χ4n) is 8.56. The molecule has 0 aliphatic heterocycles. The molecule has 2 bridgehead atoms. The minimum atomic E-state index is -1.02. The van der Waals surface area contributed by atoms with Gasteiger partial charge >= 0.3 is 17.9 Å². The average Bonchev–Trinajstić information content (AvgIpc) is 2.65. The maximum atomic E-state index is 12.5. The van der Waals surface area contributed by atoms with E-state index < -0.39 is 40.6 Å². The van der Waals surface area contributed by atoms with Crippen molar-refractivity contribution >= 4 is 17.9 Å². The van der Waals surface area contributed by atoms with Crippen molar-refractivity contribution in [3.8, 4) is 0 Å². The quantitative estimate of drug-likeness (QED) is 0.587. The Labute approximate surface area is 177 Å².